The number of nitrogens with zero attached hydrogens (tertiary/aromatic N) is 5. The van der Waals surface area contributed by atoms with Gasteiger partial charge in [-0.25, -0.2) is 4.98 Å². The largest absolute Gasteiger partial charge is 0.391 e. The van der Waals surface area contributed by atoms with Crippen molar-refractivity contribution in [1.29, 1.82) is 0 Å². The summed E-state index contributed by atoms with van der Waals surface area (Å²) < 4.78 is 7.57. The van der Waals surface area contributed by atoms with Crippen LogP contribution in [0.1, 0.15) is 20.1 Å². The number of aromatic amines is 1. The van der Waals surface area contributed by atoms with Gasteiger partial charge in [0.2, 0.25) is 0 Å². The molecule has 0 aromatic carbocycles. The fourth-order valence-corrected chi connectivity index (χ4v) is 3.48. The Morgan fingerprint density at radius 3 is 2.96 bits per heavy atom. The zero-order chi connectivity index (χ0) is 19.1. The Kier molecular flexibility index (Phi) is 4.96. The Balaban J connectivity index is 2.20. The number of imidazole rings is 1. The number of halogens is 1. The number of ether oxygens (including phenoxy) is 1. The molecule has 1 fully saturated rings. The second-order valence-corrected chi connectivity index (χ2v) is 6.74. The minimum absolute atomic E-state index is 0.0686. The van der Waals surface area contributed by atoms with E-state index in [0.29, 0.717) is 11.2 Å². The van der Waals surface area contributed by atoms with Crippen molar-refractivity contribution in [1.82, 2.24) is 19.5 Å². The lowest BCUT2D eigenvalue weighted by Crippen LogP contribution is -2.43. The van der Waals surface area contributed by atoms with Crippen LogP contribution in [0.25, 0.3) is 11.2 Å². The molecule has 3 heterocycles. The van der Waals surface area contributed by atoms with Crippen molar-refractivity contribution in [3.05, 3.63) is 11.0 Å². The van der Waals surface area contributed by atoms with Gasteiger partial charge in [-0.15, -0.1) is 5.92 Å². The predicted octanol–water partition coefficient (Wildman–Crippen LogP) is 1.09. The van der Waals surface area contributed by atoms with Gasteiger partial charge in [-0.05, 0) is 13.8 Å². The van der Waals surface area contributed by atoms with E-state index in [0.717, 1.165) is 0 Å². The molecule has 12 heteroatoms. The number of H-pyrrole nitrogens is 1. The van der Waals surface area contributed by atoms with Crippen LogP contribution in [-0.4, -0.2) is 52.9 Å². The molecule has 1 aliphatic rings. The number of aromatic nitrogens is 4. The van der Waals surface area contributed by atoms with E-state index >= 15 is 0 Å². The highest BCUT2D eigenvalue weighted by molar-refractivity contribution is 7.71. The van der Waals surface area contributed by atoms with Gasteiger partial charge in [0.05, 0.1) is 12.4 Å². The van der Waals surface area contributed by atoms with Crippen LogP contribution < -0.4 is 5.84 Å². The smallest absolute Gasteiger partial charge is 0.251 e. The Labute approximate surface area is 158 Å². The molecule has 0 radical (unpaired) electrons. The van der Waals surface area contributed by atoms with Crippen molar-refractivity contribution in [2.24, 2.45) is 16.2 Å². The van der Waals surface area contributed by atoms with E-state index in [1.54, 1.807) is 6.92 Å². The first-order chi connectivity index (χ1) is 12.3. The first-order valence-corrected chi connectivity index (χ1v) is 8.34. The lowest BCUT2D eigenvalue weighted by Gasteiger charge is -2.25. The SMILES string of the molecule is CC#C[C@@]1(Cl)C(O)[C@@H]([C@H](C)O)O[C@H]1n1cnc2c(=S)[nH]c(N=NN)nc21. The molecule has 0 saturated carbocycles. The monoisotopic (exact) mass is 397 g/mol. The van der Waals surface area contributed by atoms with Crippen LogP contribution in [0.4, 0.5) is 5.95 Å². The molecule has 2 aromatic heterocycles. The van der Waals surface area contributed by atoms with E-state index in [1.165, 1.54) is 17.8 Å². The maximum absolute atomic E-state index is 10.6. The standard InChI is InChI=1S/C14H16ClN7O3S/c1-3-4-14(15)9(24)8(6(2)23)25-12(14)22-5-17-7-10(22)18-13(20-21-16)19-11(7)26/h5-6,8-9,12,23-24H,1-2H3,(H3,16,18,19,20,26)/t6-,8+,9?,12+,14+/m0/s1. The number of nitrogens with two attached hydrogens (primary N) is 1. The van der Waals surface area contributed by atoms with Gasteiger partial charge in [-0.1, -0.05) is 40.1 Å². The summed E-state index contributed by atoms with van der Waals surface area (Å²) in [5.74, 6) is 10.6. The van der Waals surface area contributed by atoms with E-state index in [9.17, 15) is 10.2 Å². The lowest BCUT2D eigenvalue weighted by atomic mass is 9.97. The summed E-state index contributed by atoms with van der Waals surface area (Å²) >= 11 is 11.9. The Morgan fingerprint density at radius 1 is 1.62 bits per heavy atom. The summed E-state index contributed by atoms with van der Waals surface area (Å²) in [6.45, 7) is 3.08. The van der Waals surface area contributed by atoms with Gasteiger partial charge in [0.25, 0.3) is 5.95 Å². The number of hydrogen-bond acceptors (Lipinski definition) is 8. The molecule has 3 rings (SSSR count). The molecule has 1 unspecified atom stereocenters. The number of hydrogen-bond donors (Lipinski definition) is 4. The highest BCUT2D eigenvalue weighted by Gasteiger charge is 2.57. The van der Waals surface area contributed by atoms with Crippen LogP contribution in [-0.2, 0) is 4.74 Å². The Morgan fingerprint density at radius 2 is 2.35 bits per heavy atom. The molecule has 0 bridgehead atoms. The Hall–Kier alpha value is -2.10. The first kappa shape index (κ1) is 18.7. The highest BCUT2D eigenvalue weighted by atomic mass is 35.5. The number of alkyl halides is 1. The molecule has 10 nitrogen and oxygen atoms in total. The average molecular weight is 398 g/mol. The zero-order valence-corrected chi connectivity index (χ0v) is 15.4. The molecule has 1 aliphatic heterocycles. The van der Waals surface area contributed by atoms with Gasteiger partial charge in [0, 0.05) is 0 Å². The summed E-state index contributed by atoms with van der Waals surface area (Å²) in [5.41, 5.74) is 0.667. The fourth-order valence-electron chi connectivity index (χ4n) is 2.87. The summed E-state index contributed by atoms with van der Waals surface area (Å²) in [4.78, 5) is 9.68. The number of nitrogens with one attached hydrogen (secondary N) is 1. The molecule has 5 atom stereocenters. The van der Waals surface area contributed by atoms with Crippen molar-refractivity contribution in [2.75, 3.05) is 0 Å². The molecule has 138 valence electrons. The third-order valence-electron chi connectivity index (χ3n) is 4.00. The van der Waals surface area contributed by atoms with E-state index in [4.69, 9.17) is 34.4 Å². The molecular formula is C14H16ClN7O3S. The Bertz CT molecular complexity index is 978. The van der Waals surface area contributed by atoms with Crippen molar-refractivity contribution >= 4 is 40.9 Å². The maximum atomic E-state index is 10.6. The van der Waals surface area contributed by atoms with Crippen molar-refractivity contribution in [3.63, 3.8) is 0 Å². The van der Waals surface area contributed by atoms with E-state index < -0.39 is 29.4 Å². The van der Waals surface area contributed by atoms with Crippen LogP contribution >= 0.6 is 23.8 Å². The van der Waals surface area contributed by atoms with E-state index in [-0.39, 0.29) is 10.6 Å². The van der Waals surface area contributed by atoms with Crippen molar-refractivity contribution in [3.8, 4) is 11.8 Å². The normalized spacial score (nSPS) is 29.8. The number of aliphatic hydroxyl groups is 2. The molecular weight excluding hydrogens is 382 g/mol. The summed E-state index contributed by atoms with van der Waals surface area (Å²) in [6, 6.07) is 0. The number of rotatable bonds is 3. The van der Waals surface area contributed by atoms with Gasteiger partial charge in [-0.2, -0.15) is 4.98 Å². The second-order valence-electron chi connectivity index (χ2n) is 5.71. The lowest BCUT2D eigenvalue weighted by molar-refractivity contribution is -0.0752. The van der Waals surface area contributed by atoms with Crippen molar-refractivity contribution < 1.29 is 14.9 Å². The van der Waals surface area contributed by atoms with Crippen LogP contribution in [0.5, 0.6) is 0 Å². The number of fused-ring (bicyclic) bond motifs is 1. The summed E-state index contributed by atoms with van der Waals surface area (Å²) in [6.07, 6.45) is -2.74. The number of aliphatic hydroxyl groups excluding tert-OH is 2. The summed E-state index contributed by atoms with van der Waals surface area (Å²) in [5, 5.41) is 27.3. The third-order valence-corrected chi connectivity index (χ3v) is 4.80. The molecule has 5 N–H and O–H groups in total. The van der Waals surface area contributed by atoms with Crippen LogP contribution in [0.15, 0.2) is 16.7 Å². The van der Waals surface area contributed by atoms with Gasteiger partial charge in [-0.3, -0.25) is 4.57 Å². The highest BCUT2D eigenvalue weighted by Crippen LogP contribution is 2.45. The van der Waals surface area contributed by atoms with Gasteiger partial charge in [0.1, 0.15) is 22.4 Å². The molecule has 0 aliphatic carbocycles. The van der Waals surface area contributed by atoms with Crippen molar-refractivity contribution in [2.45, 2.75) is 43.3 Å². The second kappa shape index (κ2) is 6.90. The molecule has 2 aromatic rings. The van der Waals surface area contributed by atoms with E-state index in [1.807, 2.05) is 0 Å². The van der Waals surface area contributed by atoms with Gasteiger partial charge in [0.15, 0.2) is 16.7 Å². The van der Waals surface area contributed by atoms with Gasteiger partial charge < -0.3 is 25.8 Å². The van der Waals surface area contributed by atoms with Crippen LogP contribution in [0, 0.1) is 16.5 Å². The first-order valence-electron chi connectivity index (χ1n) is 7.55. The van der Waals surface area contributed by atoms with Gasteiger partial charge >= 0.3 is 0 Å². The van der Waals surface area contributed by atoms with Crippen LogP contribution in [0.3, 0.4) is 0 Å². The topological polar surface area (TPSA) is 147 Å². The minimum atomic E-state index is -1.53. The van der Waals surface area contributed by atoms with E-state index in [2.05, 4.69) is 37.1 Å². The molecule has 26 heavy (non-hydrogen) atoms. The fraction of sp³-hybridized carbons (Fsp3) is 0.500. The third kappa shape index (κ3) is 2.85. The maximum Gasteiger partial charge on any atom is 0.251 e. The minimum Gasteiger partial charge on any atom is -0.391 e. The molecule has 0 spiro atoms. The van der Waals surface area contributed by atoms with Crippen LogP contribution in [0.2, 0.25) is 0 Å². The molecule has 0 amide bonds. The quantitative estimate of drug-likeness (QED) is 0.151. The summed E-state index contributed by atoms with van der Waals surface area (Å²) in [7, 11) is 0. The predicted molar refractivity (Wildman–Crippen MR) is 95.0 cm³/mol. The average Bonchev–Trinajstić information content (AvgIpc) is 3.09. The molecule has 1 saturated heterocycles. The zero-order valence-electron chi connectivity index (χ0n) is 13.8.